The predicted molar refractivity (Wildman–Crippen MR) is 84.1 cm³/mol. The van der Waals surface area contributed by atoms with Crippen LogP contribution in [0.2, 0.25) is 5.02 Å². The summed E-state index contributed by atoms with van der Waals surface area (Å²) in [5.74, 6) is 1.34. The second-order valence-corrected chi connectivity index (χ2v) is 6.46. The Bertz CT molecular complexity index is 578. The first-order valence-corrected chi connectivity index (χ1v) is 7.82. The molecular formula is C15H20ClN3O2. The Kier molecular flexibility index (Phi) is 3.80. The fourth-order valence-electron chi connectivity index (χ4n) is 3.93. The van der Waals surface area contributed by atoms with Crippen LogP contribution in [0.3, 0.4) is 0 Å². The van der Waals surface area contributed by atoms with E-state index in [-0.39, 0.29) is 10.7 Å². The standard InChI is InChI=1S/C15H20ClN3O2/c1-3-13-11-7-17-6-10(11)8-18(13)14-5-12(16)15(19(20)21)4-9(14)2/h4-5,10-11,13,17H,3,6-8H2,1-2H3. The molecule has 3 atom stereocenters. The van der Waals surface area contributed by atoms with Crippen molar-refractivity contribution >= 4 is 23.0 Å². The molecule has 0 saturated carbocycles. The molecular weight excluding hydrogens is 290 g/mol. The van der Waals surface area contributed by atoms with Gasteiger partial charge in [0.1, 0.15) is 5.02 Å². The number of nitrogens with zero attached hydrogens (tertiary/aromatic N) is 2. The molecule has 21 heavy (non-hydrogen) atoms. The maximum absolute atomic E-state index is 11.0. The van der Waals surface area contributed by atoms with E-state index in [0.29, 0.717) is 17.9 Å². The number of nitro benzene ring substituents is 1. The van der Waals surface area contributed by atoms with Gasteiger partial charge < -0.3 is 10.2 Å². The summed E-state index contributed by atoms with van der Waals surface area (Å²) >= 11 is 6.11. The third-order valence-electron chi connectivity index (χ3n) is 4.91. The van der Waals surface area contributed by atoms with Crippen molar-refractivity contribution in [3.8, 4) is 0 Å². The molecule has 5 nitrogen and oxygen atoms in total. The van der Waals surface area contributed by atoms with Crippen LogP contribution in [0.25, 0.3) is 0 Å². The second-order valence-electron chi connectivity index (χ2n) is 6.06. The van der Waals surface area contributed by atoms with Gasteiger partial charge in [0.2, 0.25) is 0 Å². The molecule has 2 saturated heterocycles. The highest BCUT2D eigenvalue weighted by Crippen LogP contribution is 2.41. The largest absolute Gasteiger partial charge is 0.368 e. The fraction of sp³-hybridized carbons (Fsp3) is 0.600. The van der Waals surface area contributed by atoms with E-state index in [0.717, 1.165) is 37.3 Å². The SMILES string of the molecule is CCC1C2CNCC2CN1c1cc(Cl)c([N+](=O)[O-])cc1C. The van der Waals surface area contributed by atoms with Crippen molar-refractivity contribution in [1.82, 2.24) is 5.32 Å². The molecule has 3 unspecified atom stereocenters. The van der Waals surface area contributed by atoms with Gasteiger partial charge in [-0.05, 0) is 36.8 Å². The van der Waals surface area contributed by atoms with Gasteiger partial charge in [-0.25, -0.2) is 0 Å². The molecule has 0 aromatic heterocycles. The number of hydrogen-bond donors (Lipinski definition) is 1. The molecule has 3 rings (SSSR count). The minimum absolute atomic E-state index is 0.00739. The van der Waals surface area contributed by atoms with E-state index in [9.17, 15) is 10.1 Å². The summed E-state index contributed by atoms with van der Waals surface area (Å²) in [5.41, 5.74) is 1.97. The van der Waals surface area contributed by atoms with E-state index in [1.165, 1.54) is 0 Å². The van der Waals surface area contributed by atoms with E-state index in [1.807, 2.05) is 6.92 Å². The van der Waals surface area contributed by atoms with Crippen molar-refractivity contribution in [1.29, 1.82) is 0 Å². The van der Waals surface area contributed by atoms with Crippen LogP contribution in [-0.4, -0.2) is 30.6 Å². The van der Waals surface area contributed by atoms with E-state index < -0.39 is 4.92 Å². The van der Waals surface area contributed by atoms with Crippen molar-refractivity contribution in [2.45, 2.75) is 26.3 Å². The summed E-state index contributed by atoms with van der Waals surface area (Å²) in [6.07, 6.45) is 1.08. The third kappa shape index (κ3) is 2.38. The topological polar surface area (TPSA) is 58.4 Å². The molecule has 0 aliphatic carbocycles. The molecule has 0 spiro atoms. The number of aryl methyl sites for hydroxylation is 1. The molecule has 2 fully saturated rings. The molecule has 1 N–H and O–H groups in total. The third-order valence-corrected chi connectivity index (χ3v) is 5.21. The number of nitrogens with one attached hydrogen (secondary N) is 1. The molecule has 1 aromatic carbocycles. The van der Waals surface area contributed by atoms with Crippen LogP contribution in [0.15, 0.2) is 12.1 Å². The molecule has 114 valence electrons. The second kappa shape index (κ2) is 5.46. The van der Waals surface area contributed by atoms with Crippen LogP contribution in [0.4, 0.5) is 11.4 Å². The Morgan fingerprint density at radius 3 is 2.90 bits per heavy atom. The van der Waals surface area contributed by atoms with Gasteiger partial charge in [-0.1, -0.05) is 18.5 Å². The summed E-state index contributed by atoms with van der Waals surface area (Å²) in [4.78, 5) is 13.0. The summed E-state index contributed by atoms with van der Waals surface area (Å²) < 4.78 is 0. The lowest BCUT2D eigenvalue weighted by Crippen LogP contribution is -2.35. The number of hydrogen-bond acceptors (Lipinski definition) is 4. The summed E-state index contributed by atoms with van der Waals surface area (Å²) in [7, 11) is 0. The van der Waals surface area contributed by atoms with E-state index >= 15 is 0 Å². The molecule has 2 aliphatic rings. The zero-order chi connectivity index (χ0) is 15.1. The summed E-state index contributed by atoms with van der Waals surface area (Å²) in [5, 5.41) is 14.7. The maximum atomic E-state index is 11.0. The smallest absolute Gasteiger partial charge is 0.288 e. The van der Waals surface area contributed by atoms with Crippen LogP contribution >= 0.6 is 11.6 Å². The van der Waals surface area contributed by atoms with Crippen LogP contribution < -0.4 is 10.2 Å². The molecule has 0 bridgehead atoms. The molecule has 0 amide bonds. The van der Waals surface area contributed by atoms with Crippen LogP contribution in [0, 0.1) is 28.9 Å². The quantitative estimate of drug-likeness (QED) is 0.689. The predicted octanol–water partition coefficient (Wildman–Crippen LogP) is 2.99. The van der Waals surface area contributed by atoms with Gasteiger partial charge in [-0.15, -0.1) is 0 Å². The minimum Gasteiger partial charge on any atom is -0.368 e. The van der Waals surface area contributed by atoms with Gasteiger partial charge in [0.25, 0.3) is 5.69 Å². The first-order chi connectivity index (χ1) is 10.0. The number of rotatable bonds is 3. The highest BCUT2D eigenvalue weighted by Gasteiger charge is 2.43. The highest BCUT2D eigenvalue weighted by atomic mass is 35.5. The van der Waals surface area contributed by atoms with Crippen LogP contribution in [0.5, 0.6) is 0 Å². The van der Waals surface area contributed by atoms with Gasteiger partial charge in [0.05, 0.1) is 4.92 Å². The zero-order valence-electron chi connectivity index (χ0n) is 12.3. The van der Waals surface area contributed by atoms with Crippen molar-refractivity contribution in [3.63, 3.8) is 0 Å². The Balaban J connectivity index is 1.97. The van der Waals surface area contributed by atoms with Gasteiger partial charge in [0, 0.05) is 37.4 Å². The van der Waals surface area contributed by atoms with Crippen molar-refractivity contribution in [2.75, 3.05) is 24.5 Å². The van der Waals surface area contributed by atoms with Crippen molar-refractivity contribution in [3.05, 3.63) is 32.8 Å². The average molecular weight is 310 g/mol. The molecule has 0 radical (unpaired) electrons. The number of nitro groups is 1. The van der Waals surface area contributed by atoms with Crippen molar-refractivity contribution in [2.24, 2.45) is 11.8 Å². The first-order valence-electron chi connectivity index (χ1n) is 7.44. The monoisotopic (exact) mass is 309 g/mol. The maximum Gasteiger partial charge on any atom is 0.288 e. The first kappa shape index (κ1) is 14.6. The molecule has 6 heteroatoms. The summed E-state index contributed by atoms with van der Waals surface area (Å²) in [6, 6.07) is 3.85. The van der Waals surface area contributed by atoms with Gasteiger partial charge in [-0.3, -0.25) is 10.1 Å². The highest BCUT2D eigenvalue weighted by molar-refractivity contribution is 6.33. The minimum atomic E-state index is -0.418. The van der Waals surface area contributed by atoms with Gasteiger partial charge in [0.15, 0.2) is 0 Å². The summed E-state index contributed by atoms with van der Waals surface area (Å²) in [6.45, 7) is 7.28. The van der Waals surface area contributed by atoms with Gasteiger partial charge in [-0.2, -0.15) is 0 Å². The Labute approximate surface area is 129 Å². The Hall–Kier alpha value is -1.33. The molecule has 2 heterocycles. The van der Waals surface area contributed by atoms with Crippen molar-refractivity contribution < 1.29 is 4.92 Å². The lowest BCUT2D eigenvalue weighted by atomic mass is 9.92. The Morgan fingerprint density at radius 2 is 2.24 bits per heavy atom. The number of fused-ring (bicyclic) bond motifs is 1. The average Bonchev–Trinajstić information content (AvgIpc) is 3.00. The number of benzene rings is 1. The number of halogens is 1. The lowest BCUT2D eigenvalue weighted by Gasteiger charge is -2.30. The molecule has 1 aromatic rings. The Morgan fingerprint density at radius 1 is 1.48 bits per heavy atom. The van der Waals surface area contributed by atoms with E-state index in [2.05, 4.69) is 17.1 Å². The molecule has 2 aliphatic heterocycles. The van der Waals surface area contributed by atoms with Crippen LogP contribution in [-0.2, 0) is 0 Å². The van der Waals surface area contributed by atoms with Gasteiger partial charge >= 0.3 is 0 Å². The number of anilines is 1. The lowest BCUT2D eigenvalue weighted by molar-refractivity contribution is -0.384. The fourth-order valence-corrected chi connectivity index (χ4v) is 4.15. The van der Waals surface area contributed by atoms with Crippen LogP contribution in [0.1, 0.15) is 18.9 Å². The normalized spacial score (nSPS) is 28.0. The zero-order valence-corrected chi connectivity index (χ0v) is 13.1. The van der Waals surface area contributed by atoms with E-state index in [4.69, 9.17) is 11.6 Å². The van der Waals surface area contributed by atoms with E-state index in [1.54, 1.807) is 12.1 Å².